The number of imidazole rings is 1. The summed E-state index contributed by atoms with van der Waals surface area (Å²) in [5.41, 5.74) is 9.41. The number of nitrogens with two attached hydrogens (primary N) is 1. The Morgan fingerprint density at radius 2 is 2.25 bits per heavy atom. The number of hydrogen-bond donors (Lipinski definition) is 2. The quantitative estimate of drug-likeness (QED) is 0.808. The molecule has 0 spiro atoms. The van der Waals surface area contributed by atoms with Gasteiger partial charge in [-0.3, -0.25) is 0 Å². The number of rotatable bonds is 2. The topological polar surface area (TPSA) is 54.7 Å². The van der Waals surface area contributed by atoms with Crippen molar-refractivity contribution in [1.29, 1.82) is 0 Å². The van der Waals surface area contributed by atoms with Crippen LogP contribution in [0.15, 0.2) is 18.2 Å². The maximum absolute atomic E-state index is 5.72. The lowest BCUT2D eigenvalue weighted by molar-refractivity contribution is 0.611. The van der Waals surface area contributed by atoms with E-state index in [2.05, 4.69) is 24.9 Å². The molecule has 3 heteroatoms. The number of hydrogen-bond acceptors (Lipinski definition) is 2. The van der Waals surface area contributed by atoms with Gasteiger partial charge in [-0.1, -0.05) is 26.0 Å². The van der Waals surface area contributed by atoms with Gasteiger partial charge in [-0.2, -0.15) is 0 Å². The molecule has 1 aromatic carbocycles. The summed E-state index contributed by atoms with van der Waals surface area (Å²) in [4.78, 5) is 8.13. The standard InChI is InChI=1S/C13H17N3/c1-13(2)6-9(13)12-15-10-5-3-4-8(7-14)11(10)16-12/h3-5,9H,6-7,14H2,1-2H3,(H,15,16). The van der Waals surface area contributed by atoms with E-state index in [1.54, 1.807) is 0 Å². The monoisotopic (exact) mass is 215 g/mol. The highest BCUT2D eigenvalue weighted by atomic mass is 15.0. The molecule has 0 radical (unpaired) electrons. The van der Waals surface area contributed by atoms with E-state index < -0.39 is 0 Å². The van der Waals surface area contributed by atoms with Gasteiger partial charge in [-0.25, -0.2) is 4.98 Å². The number of aromatic amines is 1. The average Bonchev–Trinajstić information content (AvgIpc) is 2.74. The molecular formula is C13H17N3. The number of nitrogens with zero attached hydrogens (tertiary/aromatic N) is 1. The molecule has 0 saturated heterocycles. The number of para-hydroxylation sites is 1. The lowest BCUT2D eigenvalue weighted by Crippen LogP contribution is -1.96. The van der Waals surface area contributed by atoms with Crippen LogP contribution < -0.4 is 5.73 Å². The number of aromatic nitrogens is 2. The first-order valence-corrected chi connectivity index (χ1v) is 5.79. The van der Waals surface area contributed by atoms with Gasteiger partial charge >= 0.3 is 0 Å². The maximum atomic E-state index is 5.72. The molecule has 0 amide bonds. The Balaban J connectivity index is 2.10. The van der Waals surface area contributed by atoms with E-state index in [0.717, 1.165) is 22.4 Å². The second kappa shape index (κ2) is 3.08. The van der Waals surface area contributed by atoms with Crippen LogP contribution in [-0.4, -0.2) is 9.97 Å². The van der Waals surface area contributed by atoms with Crippen LogP contribution in [0, 0.1) is 5.41 Å². The smallest absolute Gasteiger partial charge is 0.110 e. The molecule has 0 aliphatic heterocycles. The summed E-state index contributed by atoms with van der Waals surface area (Å²) < 4.78 is 0. The third kappa shape index (κ3) is 1.35. The molecule has 1 saturated carbocycles. The van der Waals surface area contributed by atoms with E-state index in [0.29, 0.717) is 17.9 Å². The molecule has 16 heavy (non-hydrogen) atoms. The normalized spacial score (nSPS) is 22.6. The maximum Gasteiger partial charge on any atom is 0.110 e. The molecule has 1 heterocycles. The van der Waals surface area contributed by atoms with E-state index in [9.17, 15) is 0 Å². The molecular weight excluding hydrogens is 198 g/mol. The highest BCUT2D eigenvalue weighted by Gasteiger charge is 2.48. The van der Waals surface area contributed by atoms with Crippen molar-refractivity contribution in [2.45, 2.75) is 32.7 Å². The third-order valence-electron chi connectivity index (χ3n) is 3.68. The van der Waals surface area contributed by atoms with Crippen LogP contribution in [0.25, 0.3) is 11.0 Å². The lowest BCUT2D eigenvalue weighted by atomic mass is 10.1. The first-order chi connectivity index (χ1) is 7.62. The summed E-state index contributed by atoms with van der Waals surface area (Å²) in [5, 5.41) is 0. The van der Waals surface area contributed by atoms with Crippen molar-refractivity contribution in [2.75, 3.05) is 0 Å². The fraction of sp³-hybridized carbons (Fsp3) is 0.462. The van der Waals surface area contributed by atoms with Gasteiger partial charge in [0.2, 0.25) is 0 Å². The molecule has 1 atom stereocenters. The highest BCUT2D eigenvalue weighted by molar-refractivity contribution is 5.79. The number of H-pyrrole nitrogens is 1. The van der Waals surface area contributed by atoms with Gasteiger partial charge in [0.05, 0.1) is 11.0 Å². The zero-order valence-corrected chi connectivity index (χ0v) is 9.75. The fourth-order valence-corrected chi connectivity index (χ4v) is 2.37. The van der Waals surface area contributed by atoms with Crippen LogP contribution in [-0.2, 0) is 6.54 Å². The minimum atomic E-state index is 0.413. The lowest BCUT2D eigenvalue weighted by Gasteiger charge is -1.98. The predicted molar refractivity (Wildman–Crippen MR) is 65.1 cm³/mol. The fourth-order valence-electron chi connectivity index (χ4n) is 2.37. The van der Waals surface area contributed by atoms with Gasteiger partial charge < -0.3 is 10.7 Å². The Morgan fingerprint density at radius 1 is 1.50 bits per heavy atom. The minimum Gasteiger partial charge on any atom is -0.342 e. The SMILES string of the molecule is CC1(C)CC1c1nc2c(CN)cccc2[nH]1. The van der Waals surface area contributed by atoms with Crippen molar-refractivity contribution in [3.05, 3.63) is 29.6 Å². The molecule has 3 nitrogen and oxygen atoms in total. The summed E-state index contributed by atoms with van der Waals surface area (Å²) in [6.45, 7) is 5.12. The second-order valence-corrected chi connectivity index (χ2v) is 5.38. The largest absolute Gasteiger partial charge is 0.342 e. The van der Waals surface area contributed by atoms with Gasteiger partial charge in [-0.15, -0.1) is 0 Å². The van der Waals surface area contributed by atoms with Crippen molar-refractivity contribution < 1.29 is 0 Å². The summed E-state index contributed by atoms with van der Waals surface area (Å²) >= 11 is 0. The minimum absolute atomic E-state index is 0.413. The number of benzene rings is 1. The van der Waals surface area contributed by atoms with E-state index in [4.69, 9.17) is 10.7 Å². The Kier molecular flexibility index (Phi) is 1.89. The van der Waals surface area contributed by atoms with Crippen molar-refractivity contribution in [2.24, 2.45) is 11.1 Å². The highest BCUT2D eigenvalue weighted by Crippen LogP contribution is 2.57. The van der Waals surface area contributed by atoms with Gasteiger partial charge in [0.1, 0.15) is 5.82 Å². The van der Waals surface area contributed by atoms with Crippen molar-refractivity contribution in [3.63, 3.8) is 0 Å². The summed E-state index contributed by atoms with van der Waals surface area (Å²) in [5.74, 6) is 1.71. The molecule has 1 unspecified atom stereocenters. The molecule has 3 N–H and O–H groups in total. The van der Waals surface area contributed by atoms with Crippen LogP contribution in [0.5, 0.6) is 0 Å². The van der Waals surface area contributed by atoms with Gasteiger partial charge in [-0.05, 0) is 23.5 Å². The number of fused-ring (bicyclic) bond motifs is 1. The zero-order chi connectivity index (χ0) is 11.3. The average molecular weight is 215 g/mol. The van der Waals surface area contributed by atoms with Crippen LogP contribution in [0.4, 0.5) is 0 Å². The molecule has 3 rings (SSSR count). The molecule has 1 fully saturated rings. The van der Waals surface area contributed by atoms with Crippen LogP contribution in [0.3, 0.4) is 0 Å². The van der Waals surface area contributed by atoms with E-state index in [1.165, 1.54) is 6.42 Å². The molecule has 1 aliphatic rings. The van der Waals surface area contributed by atoms with Gasteiger partial charge in [0.15, 0.2) is 0 Å². The van der Waals surface area contributed by atoms with Gasteiger partial charge in [0, 0.05) is 12.5 Å². The van der Waals surface area contributed by atoms with Crippen LogP contribution >= 0.6 is 0 Å². The summed E-state index contributed by atoms with van der Waals surface area (Å²) in [7, 11) is 0. The number of nitrogens with one attached hydrogen (secondary N) is 1. The van der Waals surface area contributed by atoms with Crippen molar-refractivity contribution in [1.82, 2.24) is 9.97 Å². The molecule has 1 aromatic heterocycles. The Morgan fingerprint density at radius 3 is 2.88 bits per heavy atom. The Bertz CT molecular complexity index is 539. The Hall–Kier alpha value is -1.35. The van der Waals surface area contributed by atoms with E-state index in [-0.39, 0.29) is 0 Å². The zero-order valence-electron chi connectivity index (χ0n) is 9.75. The predicted octanol–water partition coefficient (Wildman–Crippen LogP) is 2.54. The molecule has 84 valence electrons. The Labute approximate surface area is 95.1 Å². The summed E-state index contributed by atoms with van der Waals surface area (Å²) in [6.07, 6.45) is 1.23. The molecule has 0 bridgehead atoms. The van der Waals surface area contributed by atoms with Crippen LogP contribution in [0.2, 0.25) is 0 Å². The van der Waals surface area contributed by atoms with E-state index in [1.807, 2.05) is 12.1 Å². The van der Waals surface area contributed by atoms with Crippen molar-refractivity contribution in [3.8, 4) is 0 Å². The second-order valence-electron chi connectivity index (χ2n) is 5.38. The van der Waals surface area contributed by atoms with E-state index >= 15 is 0 Å². The third-order valence-corrected chi connectivity index (χ3v) is 3.68. The molecule has 1 aliphatic carbocycles. The van der Waals surface area contributed by atoms with Gasteiger partial charge in [0.25, 0.3) is 0 Å². The van der Waals surface area contributed by atoms with Crippen LogP contribution in [0.1, 0.15) is 37.6 Å². The first kappa shape index (κ1) is 9.85. The summed E-state index contributed by atoms with van der Waals surface area (Å²) in [6, 6.07) is 6.15. The van der Waals surface area contributed by atoms with Crippen molar-refractivity contribution >= 4 is 11.0 Å². The molecule has 2 aromatic rings. The first-order valence-electron chi connectivity index (χ1n) is 5.79.